The van der Waals surface area contributed by atoms with Gasteiger partial charge in [-0.3, -0.25) is 9.78 Å². The molecule has 0 aliphatic rings. The third-order valence-electron chi connectivity index (χ3n) is 3.75. The maximum atomic E-state index is 12.5. The summed E-state index contributed by atoms with van der Waals surface area (Å²) >= 11 is 0. The number of carbonyl (C=O) groups excluding carboxylic acids is 1. The number of aromatic hydroxyl groups is 1. The second-order valence-corrected chi connectivity index (χ2v) is 5.69. The van der Waals surface area contributed by atoms with Gasteiger partial charge in [-0.2, -0.15) is 5.10 Å². The van der Waals surface area contributed by atoms with Crippen molar-refractivity contribution in [2.24, 2.45) is 5.10 Å². The van der Waals surface area contributed by atoms with Crippen molar-refractivity contribution >= 4 is 23.0 Å². The highest BCUT2D eigenvalue weighted by Gasteiger charge is 2.11. The molecule has 3 rings (SSSR count). The van der Waals surface area contributed by atoms with Crippen LogP contribution in [-0.4, -0.2) is 28.8 Å². The monoisotopic (exact) mass is 349 g/mol. The van der Waals surface area contributed by atoms with Crippen molar-refractivity contribution in [3.63, 3.8) is 0 Å². The maximum Gasteiger partial charge on any atom is 0.272 e. The number of carbonyl (C=O) groups is 1. The number of nitrogens with one attached hydrogen (secondary N) is 1. The number of benzene rings is 2. The van der Waals surface area contributed by atoms with Crippen LogP contribution in [0.15, 0.2) is 53.6 Å². The molecule has 26 heavy (non-hydrogen) atoms. The molecule has 3 aromatic rings. The lowest BCUT2D eigenvalue weighted by atomic mass is 10.1. The van der Waals surface area contributed by atoms with Gasteiger partial charge in [-0.1, -0.05) is 18.2 Å². The molecular weight excluding hydrogens is 330 g/mol. The number of aromatic nitrogens is 1. The first-order valence-electron chi connectivity index (χ1n) is 8.24. The van der Waals surface area contributed by atoms with Crippen LogP contribution in [-0.2, 0) is 0 Å². The van der Waals surface area contributed by atoms with Gasteiger partial charge in [0.2, 0.25) is 0 Å². The molecule has 6 heteroatoms. The van der Waals surface area contributed by atoms with Crippen molar-refractivity contribution < 1.29 is 14.6 Å². The van der Waals surface area contributed by atoms with E-state index in [0.717, 1.165) is 16.6 Å². The molecule has 6 nitrogen and oxygen atoms in total. The van der Waals surface area contributed by atoms with Gasteiger partial charge in [-0.05, 0) is 49.7 Å². The minimum atomic E-state index is -0.313. The van der Waals surface area contributed by atoms with Gasteiger partial charge in [0.1, 0.15) is 0 Å². The Labute approximate surface area is 151 Å². The molecule has 0 saturated heterocycles. The van der Waals surface area contributed by atoms with Gasteiger partial charge in [-0.25, -0.2) is 5.43 Å². The first kappa shape index (κ1) is 17.4. The predicted molar refractivity (Wildman–Crippen MR) is 101 cm³/mol. The van der Waals surface area contributed by atoms with E-state index >= 15 is 0 Å². The van der Waals surface area contributed by atoms with Crippen molar-refractivity contribution in [3.8, 4) is 11.5 Å². The Bertz CT molecular complexity index is 983. The van der Waals surface area contributed by atoms with E-state index in [9.17, 15) is 9.90 Å². The number of aryl methyl sites for hydroxylation is 1. The van der Waals surface area contributed by atoms with E-state index in [2.05, 4.69) is 15.5 Å². The number of ether oxygens (including phenoxy) is 1. The number of hydrogen-bond donors (Lipinski definition) is 2. The average Bonchev–Trinajstić information content (AvgIpc) is 2.63. The molecule has 2 N–H and O–H groups in total. The SMILES string of the molecule is CCOc1cc(/C=N\NC(=O)c2cc(C)nc3ccccc23)ccc1O. The molecule has 1 aromatic heterocycles. The van der Waals surface area contributed by atoms with Crippen LogP contribution in [0.4, 0.5) is 0 Å². The number of phenolic OH excluding ortho intramolecular Hbond substituents is 1. The topological polar surface area (TPSA) is 83.8 Å². The standard InChI is InChI=1S/C20H19N3O3/c1-3-26-19-11-14(8-9-18(19)24)12-21-23-20(25)16-10-13(2)22-17-7-5-4-6-15(16)17/h4-12,24H,3H2,1-2H3,(H,23,25)/b21-12-. The van der Waals surface area contributed by atoms with Crippen molar-refractivity contribution in [2.75, 3.05) is 6.61 Å². The van der Waals surface area contributed by atoms with E-state index in [-0.39, 0.29) is 11.7 Å². The van der Waals surface area contributed by atoms with Crippen LogP contribution in [0.5, 0.6) is 11.5 Å². The third kappa shape index (κ3) is 3.80. The Morgan fingerprint density at radius 2 is 2.08 bits per heavy atom. The molecule has 0 spiro atoms. The fourth-order valence-electron chi connectivity index (χ4n) is 2.60. The Morgan fingerprint density at radius 3 is 2.88 bits per heavy atom. The van der Waals surface area contributed by atoms with Crippen LogP contribution in [0.3, 0.4) is 0 Å². The zero-order chi connectivity index (χ0) is 18.5. The Balaban J connectivity index is 1.79. The lowest BCUT2D eigenvalue weighted by molar-refractivity contribution is 0.0956. The fourth-order valence-corrected chi connectivity index (χ4v) is 2.60. The Morgan fingerprint density at radius 1 is 1.27 bits per heavy atom. The average molecular weight is 349 g/mol. The summed E-state index contributed by atoms with van der Waals surface area (Å²) in [4.78, 5) is 16.9. The summed E-state index contributed by atoms with van der Waals surface area (Å²) in [7, 11) is 0. The predicted octanol–water partition coefficient (Wildman–Crippen LogP) is 3.41. The number of phenols is 1. The lowest BCUT2D eigenvalue weighted by Crippen LogP contribution is -2.18. The van der Waals surface area contributed by atoms with Crippen molar-refractivity contribution in [1.82, 2.24) is 10.4 Å². The molecular formula is C20H19N3O3. The van der Waals surface area contributed by atoms with Crippen molar-refractivity contribution in [2.45, 2.75) is 13.8 Å². The zero-order valence-corrected chi connectivity index (χ0v) is 14.6. The molecule has 2 aromatic carbocycles. The molecule has 0 radical (unpaired) electrons. The highest BCUT2D eigenvalue weighted by molar-refractivity contribution is 6.06. The van der Waals surface area contributed by atoms with Gasteiger partial charge in [0.15, 0.2) is 11.5 Å². The minimum absolute atomic E-state index is 0.0618. The quantitative estimate of drug-likeness (QED) is 0.546. The van der Waals surface area contributed by atoms with Gasteiger partial charge >= 0.3 is 0 Å². The highest BCUT2D eigenvalue weighted by Crippen LogP contribution is 2.26. The Kier molecular flexibility index (Phi) is 5.12. The molecule has 0 aliphatic carbocycles. The summed E-state index contributed by atoms with van der Waals surface area (Å²) in [6, 6.07) is 14.1. The zero-order valence-electron chi connectivity index (χ0n) is 14.6. The van der Waals surface area contributed by atoms with Gasteiger partial charge < -0.3 is 9.84 Å². The summed E-state index contributed by atoms with van der Waals surface area (Å²) in [6.45, 7) is 4.12. The van der Waals surface area contributed by atoms with E-state index in [0.29, 0.717) is 23.5 Å². The molecule has 0 saturated carbocycles. The maximum absolute atomic E-state index is 12.5. The second kappa shape index (κ2) is 7.65. The molecule has 0 bridgehead atoms. The van der Waals surface area contributed by atoms with Gasteiger partial charge in [-0.15, -0.1) is 0 Å². The van der Waals surface area contributed by atoms with Crippen molar-refractivity contribution in [1.29, 1.82) is 0 Å². The van der Waals surface area contributed by atoms with Gasteiger partial charge in [0.25, 0.3) is 5.91 Å². The highest BCUT2D eigenvalue weighted by atomic mass is 16.5. The first-order chi connectivity index (χ1) is 12.6. The summed E-state index contributed by atoms with van der Waals surface area (Å²) in [6.07, 6.45) is 1.50. The van der Waals surface area contributed by atoms with Crippen LogP contribution in [0.1, 0.15) is 28.5 Å². The van der Waals surface area contributed by atoms with Gasteiger partial charge in [0, 0.05) is 11.1 Å². The largest absolute Gasteiger partial charge is 0.504 e. The number of amides is 1. The van der Waals surface area contributed by atoms with Crippen LogP contribution in [0.2, 0.25) is 0 Å². The molecule has 1 amide bonds. The number of nitrogens with zero attached hydrogens (tertiary/aromatic N) is 2. The molecule has 132 valence electrons. The van der Waals surface area contributed by atoms with E-state index in [1.165, 1.54) is 12.3 Å². The Hall–Kier alpha value is -3.41. The molecule has 0 unspecified atom stereocenters. The number of para-hydroxylation sites is 1. The minimum Gasteiger partial charge on any atom is -0.504 e. The van der Waals surface area contributed by atoms with E-state index in [1.54, 1.807) is 18.2 Å². The summed E-state index contributed by atoms with van der Waals surface area (Å²) in [5.41, 5.74) is 5.28. The van der Waals surface area contributed by atoms with Crippen LogP contribution in [0.25, 0.3) is 10.9 Å². The van der Waals surface area contributed by atoms with E-state index in [1.807, 2.05) is 38.1 Å². The summed E-state index contributed by atoms with van der Waals surface area (Å²) in [5.74, 6) is 0.122. The van der Waals surface area contributed by atoms with E-state index < -0.39 is 0 Å². The number of rotatable bonds is 5. The van der Waals surface area contributed by atoms with Crippen molar-refractivity contribution in [3.05, 3.63) is 65.4 Å². The van der Waals surface area contributed by atoms with Gasteiger partial charge in [0.05, 0.1) is 23.9 Å². The number of hydrogen-bond acceptors (Lipinski definition) is 5. The number of hydrazone groups is 1. The summed E-state index contributed by atoms with van der Waals surface area (Å²) < 4.78 is 5.33. The van der Waals surface area contributed by atoms with Crippen LogP contribution < -0.4 is 10.2 Å². The van der Waals surface area contributed by atoms with Crippen LogP contribution in [0, 0.1) is 6.92 Å². The molecule has 0 fully saturated rings. The number of pyridine rings is 1. The first-order valence-corrected chi connectivity index (χ1v) is 8.24. The second-order valence-electron chi connectivity index (χ2n) is 5.69. The molecule has 1 heterocycles. The summed E-state index contributed by atoms with van der Waals surface area (Å²) in [5, 5.41) is 14.5. The smallest absolute Gasteiger partial charge is 0.272 e. The third-order valence-corrected chi connectivity index (χ3v) is 3.75. The molecule has 0 atom stereocenters. The lowest BCUT2D eigenvalue weighted by Gasteiger charge is -2.07. The fraction of sp³-hybridized carbons (Fsp3) is 0.150. The van der Waals surface area contributed by atoms with E-state index in [4.69, 9.17) is 4.74 Å². The normalized spacial score (nSPS) is 11.0. The number of fused-ring (bicyclic) bond motifs is 1. The van der Waals surface area contributed by atoms with Crippen LogP contribution >= 0.6 is 0 Å². The molecule has 0 aliphatic heterocycles.